The van der Waals surface area contributed by atoms with Gasteiger partial charge in [0.25, 0.3) is 5.91 Å². The molecule has 4 heterocycles. The lowest BCUT2D eigenvalue weighted by Crippen LogP contribution is -2.49. The second-order valence-electron chi connectivity index (χ2n) is 7.73. The molecular weight excluding hydrogens is 412 g/mol. The average Bonchev–Trinajstić information content (AvgIpc) is 3.15. The zero-order valence-corrected chi connectivity index (χ0v) is 17.7. The van der Waals surface area contributed by atoms with Crippen molar-refractivity contribution in [1.82, 2.24) is 19.4 Å². The van der Waals surface area contributed by atoms with Crippen LogP contribution in [0.25, 0.3) is 10.9 Å². The van der Waals surface area contributed by atoms with E-state index < -0.39 is 6.04 Å². The quantitative estimate of drug-likeness (QED) is 0.632. The average molecular weight is 435 g/mol. The maximum atomic E-state index is 12.9. The zero-order valence-electron chi connectivity index (χ0n) is 16.9. The molecule has 2 aliphatic rings. The number of amides is 1. The van der Waals surface area contributed by atoms with Crippen molar-refractivity contribution in [2.75, 3.05) is 36.4 Å². The van der Waals surface area contributed by atoms with Crippen LogP contribution in [-0.2, 0) is 4.79 Å². The van der Waals surface area contributed by atoms with Gasteiger partial charge in [-0.25, -0.2) is 14.5 Å². The van der Waals surface area contributed by atoms with Crippen LogP contribution in [0.1, 0.15) is 17.6 Å². The van der Waals surface area contributed by atoms with Gasteiger partial charge in [-0.1, -0.05) is 18.2 Å². The van der Waals surface area contributed by atoms with E-state index in [2.05, 4.69) is 20.2 Å². The Hall–Kier alpha value is -3.33. The number of nitrogens with one attached hydrogen (secondary N) is 1. The summed E-state index contributed by atoms with van der Waals surface area (Å²) in [6.45, 7) is 2.81. The van der Waals surface area contributed by atoms with Crippen molar-refractivity contribution in [2.45, 2.75) is 18.9 Å². The Balaban J connectivity index is 1.21. The number of pyridine rings is 1. The van der Waals surface area contributed by atoms with E-state index in [0.29, 0.717) is 31.7 Å². The summed E-state index contributed by atoms with van der Waals surface area (Å²) in [5.74, 6) is 1.52. The van der Waals surface area contributed by atoms with Crippen LogP contribution in [0.3, 0.4) is 0 Å². The third-order valence-electron chi connectivity index (χ3n) is 5.87. The summed E-state index contributed by atoms with van der Waals surface area (Å²) in [4.78, 5) is 38.5. The van der Waals surface area contributed by atoms with Crippen LogP contribution >= 0.6 is 12.2 Å². The smallest absolute Gasteiger partial charge is 0.257 e. The van der Waals surface area contributed by atoms with Crippen molar-refractivity contribution in [3.05, 3.63) is 53.4 Å². The van der Waals surface area contributed by atoms with Gasteiger partial charge in [-0.15, -0.1) is 0 Å². The molecule has 158 valence electrons. The predicted octanol–water partition coefficient (Wildman–Crippen LogP) is 2.72. The fourth-order valence-corrected chi connectivity index (χ4v) is 4.50. The number of para-hydroxylation sites is 1. The van der Waals surface area contributed by atoms with E-state index >= 15 is 0 Å². The predicted molar refractivity (Wildman–Crippen MR) is 121 cm³/mol. The molecule has 0 aliphatic carbocycles. The van der Waals surface area contributed by atoms with Gasteiger partial charge in [0.2, 0.25) is 10.7 Å². The maximum absolute atomic E-state index is 12.9. The fourth-order valence-electron chi connectivity index (χ4n) is 4.22. The van der Waals surface area contributed by atoms with Crippen LogP contribution < -0.4 is 10.2 Å². The zero-order chi connectivity index (χ0) is 21.4. The van der Waals surface area contributed by atoms with Gasteiger partial charge in [0.15, 0.2) is 0 Å². The normalized spacial score (nSPS) is 18.2. The number of piperazine rings is 1. The number of hydrogen-bond acceptors (Lipinski definition) is 7. The van der Waals surface area contributed by atoms with Crippen molar-refractivity contribution < 1.29 is 9.59 Å². The number of carbonyl (C=O) groups excluding carboxylic acids is 2. The number of fused-ring (bicyclic) bond motifs is 3. The first-order valence-corrected chi connectivity index (χ1v) is 10.8. The Morgan fingerprint density at radius 2 is 1.87 bits per heavy atom. The number of carbonyl (C=O) groups is 2. The molecule has 0 radical (unpaired) electrons. The van der Waals surface area contributed by atoms with E-state index in [4.69, 9.17) is 12.2 Å². The second kappa shape index (κ2) is 8.07. The number of aromatic nitrogens is 3. The monoisotopic (exact) mass is 434 g/mol. The molecule has 2 aliphatic heterocycles. The van der Waals surface area contributed by atoms with Crippen LogP contribution in [0.2, 0.25) is 0 Å². The maximum Gasteiger partial charge on any atom is 0.257 e. The highest BCUT2D eigenvalue weighted by molar-refractivity contribution is 7.71. The van der Waals surface area contributed by atoms with Gasteiger partial charge >= 0.3 is 0 Å². The largest absolute Gasteiger partial charge is 0.359 e. The van der Waals surface area contributed by atoms with Crippen molar-refractivity contribution in [2.24, 2.45) is 0 Å². The minimum Gasteiger partial charge on any atom is -0.359 e. The van der Waals surface area contributed by atoms with E-state index in [9.17, 15) is 9.59 Å². The Morgan fingerprint density at radius 3 is 2.65 bits per heavy atom. The second-order valence-corrected chi connectivity index (χ2v) is 8.09. The SMILES string of the molecule is O=C(CC[C@H]1Nc2c3ccccc3nc(=S)n2C1=O)N1CCN(c2ccccn2)CC1. The fraction of sp³-hybridized carbons (Fsp3) is 0.318. The summed E-state index contributed by atoms with van der Waals surface area (Å²) >= 11 is 5.33. The minimum atomic E-state index is -0.479. The number of anilines is 2. The molecular formula is C22H22N6O2S. The summed E-state index contributed by atoms with van der Waals surface area (Å²) in [5, 5.41) is 4.13. The van der Waals surface area contributed by atoms with Crippen LogP contribution in [0, 0.1) is 4.77 Å². The number of rotatable bonds is 4. The molecule has 1 aromatic carbocycles. The molecule has 1 amide bonds. The molecule has 2 aromatic heterocycles. The Labute approximate surface area is 184 Å². The summed E-state index contributed by atoms with van der Waals surface area (Å²) in [7, 11) is 0. The highest BCUT2D eigenvalue weighted by atomic mass is 32.1. The summed E-state index contributed by atoms with van der Waals surface area (Å²) in [6, 6.07) is 12.9. The third kappa shape index (κ3) is 3.65. The third-order valence-corrected chi connectivity index (χ3v) is 6.15. The number of nitrogens with zero attached hydrogens (tertiary/aromatic N) is 5. The van der Waals surface area contributed by atoms with Crippen molar-refractivity contribution in [3.8, 4) is 0 Å². The number of benzene rings is 1. The van der Waals surface area contributed by atoms with E-state index in [-0.39, 0.29) is 16.6 Å². The van der Waals surface area contributed by atoms with Gasteiger partial charge in [-0.2, -0.15) is 0 Å². The molecule has 1 fully saturated rings. The Bertz CT molecular complexity index is 1200. The van der Waals surface area contributed by atoms with Crippen LogP contribution in [0.15, 0.2) is 48.7 Å². The molecule has 1 saturated heterocycles. The molecule has 5 rings (SSSR count). The van der Waals surface area contributed by atoms with Gasteiger partial charge in [0.1, 0.15) is 17.7 Å². The first-order valence-electron chi connectivity index (χ1n) is 10.4. The molecule has 1 N–H and O–H groups in total. The van der Waals surface area contributed by atoms with E-state index in [1.165, 1.54) is 4.57 Å². The molecule has 0 spiro atoms. The standard InChI is InChI=1S/C22H22N6O2S/c29-19(27-13-11-26(12-14-27)18-7-3-4-10-23-18)9-8-17-21(30)28-20(24-17)15-5-1-2-6-16(15)25-22(28)31/h1-7,10,17,24H,8-9,11-14H2/t17-/m1/s1. The lowest BCUT2D eigenvalue weighted by molar-refractivity contribution is -0.131. The molecule has 0 unspecified atom stereocenters. The van der Waals surface area contributed by atoms with Crippen LogP contribution in [0.4, 0.5) is 11.6 Å². The highest BCUT2D eigenvalue weighted by Crippen LogP contribution is 2.29. The molecule has 31 heavy (non-hydrogen) atoms. The molecule has 8 nitrogen and oxygen atoms in total. The number of hydrogen-bond donors (Lipinski definition) is 1. The van der Waals surface area contributed by atoms with Gasteiger partial charge in [-0.05, 0) is 42.9 Å². The molecule has 9 heteroatoms. The van der Waals surface area contributed by atoms with Gasteiger partial charge in [0.05, 0.1) is 5.52 Å². The summed E-state index contributed by atoms with van der Waals surface area (Å²) in [6.07, 6.45) is 2.50. The summed E-state index contributed by atoms with van der Waals surface area (Å²) in [5.41, 5.74) is 0.751. The van der Waals surface area contributed by atoms with Crippen molar-refractivity contribution in [3.63, 3.8) is 0 Å². The lowest BCUT2D eigenvalue weighted by Gasteiger charge is -2.35. The molecule has 3 aromatic rings. The van der Waals surface area contributed by atoms with Crippen molar-refractivity contribution >= 4 is 46.6 Å². The van der Waals surface area contributed by atoms with Crippen LogP contribution in [-0.4, -0.2) is 63.5 Å². The molecule has 1 atom stereocenters. The first-order chi connectivity index (χ1) is 15.1. The lowest BCUT2D eigenvalue weighted by atomic mass is 10.1. The van der Waals surface area contributed by atoms with Crippen molar-refractivity contribution in [1.29, 1.82) is 0 Å². The van der Waals surface area contributed by atoms with E-state index in [1.807, 2.05) is 47.4 Å². The van der Waals surface area contributed by atoms with E-state index in [0.717, 1.165) is 29.8 Å². The van der Waals surface area contributed by atoms with Gasteiger partial charge < -0.3 is 15.1 Å². The highest BCUT2D eigenvalue weighted by Gasteiger charge is 2.32. The van der Waals surface area contributed by atoms with Crippen LogP contribution in [0.5, 0.6) is 0 Å². The first kappa shape index (κ1) is 19.6. The summed E-state index contributed by atoms with van der Waals surface area (Å²) < 4.78 is 1.70. The minimum absolute atomic E-state index is 0.0674. The topological polar surface area (TPSA) is 83.4 Å². The van der Waals surface area contributed by atoms with Gasteiger partial charge in [0, 0.05) is 44.2 Å². The molecule has 0 bridgehead atoms. The van der Waals surface area contributed by atoms with E-state index in [1.54, 1.807) is 6.20 Å². The molecule has 0 saturated carbocycles. The Kier molecular flexibility index (Phi) is 5.11. The van der Waals surface area contributed by atoms with Gasteiger partial charge in [-0.3, -0.25) is 9.59 Å². The Morgan fingerprint density at radius 1 is 1.10 bits per heavy atom.